The van der Waals surface area contributed by atoms with Crippen LogP contribution in [0.2, 0.25) is 0 Å². The van der Waals surface area contributed by atoms with Crippen LogP contribution in [0.4, 0.5) is 5.82 Å². The van der Waals surface area contributed by atoms with Crippen molar-refractivity contribution >= 4 is 17.7 Å². The number of rotatable bonds is 5. The summed E-state index contributed by atoms with van der Waals surface area (Å²) in [6.07, 6.45) is 1.36. The third-order valence-electron chi connectivity index (χ3n) is 2.55. The number of hydrogen-bond acceptors (Lipinski definition) is 5. The van der Waals surface area contributed by atoms with Crippen LogP contribution < -0.4 is 5.73 Å². The van der Waals surface area contributed by atoms with Crippen LogP contribution in [0.15, 0.2) is 6.33 Å². The molecule has 7 nitrogen and oxygen atoms in total. The van der Waals surface area contributed by atoms with E-state index in [-0.39, 0.29) is 30.6 Å². The molecule has 1 heterocycles. The third kappa shape index (κ3) is 2.99. The first-order valence-corrected chi connectivity index (χ1v) is 5.72. The molecule has 1 aromatic heterocycles. The molecule has 0 saturated heterocycles. The van der Waals surface area contributed by atoms with Gasteiger partial charge in [-0.2, -0.15) is 0 Å². The van der Waals surface area contributed by atoms with E-state index in [2.05, 4.69) is 4.98 Å². The average Bonchev–Trinajstić information content (AvgIpc) is 2.70. The van der Waals surface area contributed by atoms with Gasteiger partial charge in [-0.25, -0.2) is 9.78 Å². The molecule has 0 fully saturated rings. The summed E-state index contributed by atoms with van der Waals surface area (Å²) in [6.45, 7) is 4.49. The smallest absolute Gasteiger partial charge is 0.360 e. The normalized spacial score (nSPS) is 10.2. The molecule has 18 heavy (non-hydrogen) atoms. The van der Waals surface area contributed by atoms with Crippen molar-refractivity contribution in [2.24, 2.45) is 0 Å². The fourth-order valence-electron chi connectivity index (χ4n) is 1.32. The lowest BCUT2D eigenvalue weighted by atomic mass is 10.4. The molecule has 0 atom stereocenters. The number of carbonyl (C=O) groups excluding carboxylic acids is 2. The highest BCUT2D eigenvalue weighted by Crippen LogP contribution is 2.11. The van der Waals surface area contributed by atoms with Gasteiger partial charge in [0, 0.05) is 13.6 Å². The molecule has 0 spiro atoms. The topological polar surface area (TPSA) is 90.4 Å². The molecule has 0 aliphatic carbocycles. The number of nitrogens with two attached hydrogens (primary N) is 1. The number of likely N-dealkylation sites (N-methyl/N-ethyl adjacent to an activating group) is 1. The first-order chi connectivity index (χ1) is 8.51. The van der Waals surface area contributed by atoms with Crippen molar-refractivity contribution in [2.75, 3.05) is 25.9 Å². The predicted octanol–water partition coefficient (Wildman–Crippen LogP) is 0.120. The predicted molar refractivity (Wildman–Crippen MR) is 65.9 cm³/mol. The first-order valence-electron chi connectivity index (χ1n) is 5.72. The van der Waals surface area contributed by atoms with E-state index >= 15 is 0 Å². The second-order valence-corrected chi connectivity index (χ2v) is 3.73. The summed E-state index contributed by atoms with van der Waals surface area (Å²) in [5.41, 5.74) is 5.80. The van der Waals surface area contributed by atoms with Crippen molar-refractivity contribution in [3.8, 4) is 0 Å². The van der Waals surface area contributed by atoms with E-state index in [0.717, 1.165) is 0 Å². The minimum absolute atomic E-state index is 0.0452. The Morgan fingerprint density at radius 2 is 2.17 bits per heavy atom. The fourth-order valence-corrected chi connectivity index (χ4v) is 1.32. The number of nitrogens with zero attached hydrogens (tertiary/aromatic N) is 3. The molecule has 0 bridgehead atoms. The zero-order valence-electron chi connectivity index (χ0n) is 10.8. The van der Waals surface area contributed by atoms with Gasteiger partial charge in [0.25, 0.3) is 0 Å². The standard InChI is InChI=1S/C11H18N4O3/c1-4-14(3)8(16)6-15-7-13-9(10(15)12)11(17)18-5-2/h7H,4-6,12H2,1-3H3. The number of aromatic nitrogens is 2. The number of imidazole rings is 1. The summed E-state index contributed by atoms with van der Waals surface area (Å²) in [7, 11) is 1.70. The SMILES string of the molecule is CCOC(=O)c1ncn(CC(=O)N(C)CC)c1N. The van der Waals surface area contributed by atoms with E-state index in [4.69, 9.17) is 10.5 Å². The van der Waals surface area contributed by atoms with Gasteiger partial charge in [-0.3, -0.25) is 4.79 Å². The van der Waals surface area contributed by atoms with Crippen LogP contribution in [0, 0.1) is 0 Å². The highest BCUT2D eigenvalue weighted by atomic mass is 16.5. The molecule has 2 N–H and O–H groups in total. The molecule has 100 valence electrons. The maximum Gasteiger partial charge on any atom is 0.360 e. The molecule has 0 saturated carbocycles. The number of anilines is 1. The van der Waals surface area contributed by atoms with E-state index in [9.17, 15) is 9.59 Å². The van der Waals surface area contributed by atoms with E-state index in [1.165, 1.54) is 10.9 Å². The van der Waals surface area contributed by atoms with Crippen molar-refractivity contribution in [3.05, 3.63) is 12.0 Å². The number of ether oxygens (including phenoxy) is 1. The molecule has 1 amide bonds. The zero-order valence-corrected chi connectivity index (χ0v) is 10.8. The van der Waals surface area contributed by atoms with Crippen LogP contribution in [0.25, 0.3) is 0 Å². The molecular weight excluding hydrogens is 236 g/mol. The highest BCUT2D eigenvalue weighted by Gasteiger charge is 2.18. The summed E-state index contributed by atoms with van der Waals surface area (Å²) in [6, 6.07) is 0. The Kier molecular flexibility index (Phi) is 4.70. The molecule has 1 aromatic rings. The molecule has 0 unspecified atom stereocenters. The van der Waals surface area contributed by atoms with Gasteiger partial charge in [0.1, 0.15) is 12.4 Å². The summed E-state index contributed by atoms with van der Waals surface area (Å²) < 4.78 is 6.24. The van der Waals surface area contributed by atoms with Gasteiger partial charge >= 0.3 is 5.97 Å². The average molecular weight is 254 g/mol. The Bertz CT molecular complexity index is 441. The van der Waals surface area contributed by atoms with E-state index in [1.807, 2.05) is 6.92 Å². The highest BCUT2D eigenvalue weighted by molar-refractivity contribution is 5.92. The summed E-state index contributed by atoms with van der Waals surface area (Å²) in [5.74, 6) is -0.534. The maximum absolute atomic E-state index is 11.7. The van der Waals surface area contributed by atoms with Crippen LogP contribution in [-0.2, 0) is 16.1 Å². The van der Waals surface area contributed by atoms with Gasteiger partial charge in [0.2, 0.25) is 5.91 Å². The molecular formula is C11H18N4O3. The van der Waals surface area contributed by atoms with Crippen molar-refractivity contribution < 1.29 is 14.3 Å². The van der Waals surface area contributed by atoms with Crippen LogP contribution in [0.3, 0.4) is 0 Å². The summed E-state index contributed by atoms with van der Waals surface area (Å²) >= 11 is 0. The Morgan fingerprint density at radius 1 is 1.50 bits per heavy atom. The van der Waals surface area contributed by atoms with Gasteiger partial charge in [0.15, 0.2) is 5.69 Å². The third-order valence-corrected chi connectivity index (χ3v) is 2.55. The number of carbonyl (C=O) groups is 2. The van der Waals surface area contributed by atoms with E-state index < -0.39 is 5.97 Å². The lowest BCUT2D eigenvalue weighted by Crippen LogP contribution is -2.30. The molecule has 0 radical (unpaired) electrons. The van der Waals surface area contributed by atoms with Crippen LogP contribution in [-0.4, -0.2) is 46.5 Å². The molecule has 0 aromatic carbocycles. The second kappa shape index (κ2) is 6.04. The van der Waals surface area contributed by atoms with Gasteiger partial charge in [0.05, 0.1) is 12.9 Å². The molecule has 1 rings (SSSR count). The fraction of sp³-hybridized carbons (Fsp3) is 0.545. The van der Waals surface area contributed by atoms with Crippen molar-refractivity contribution in [1.82, 2.24) is 14.5 Å². The lowest BCUT2D eigenvalue weighted by Gasteiger charge is -2.15. The largest absolute Gasteiger partial charge is 0.461 e. The maximum atomic E-state index is 11.7. The number of amides is 1. The molecule has 7 heteroatoms. The van der Waals surface area contributed by atoms with Gasteiger partial charge < -0.3 is 19.9 Å². The number of nitrogen functional groups attached to an aromatic ring is 1. The Hall–Kier alpha value is -2.05. The van der Waals surface area contributed by atoms with Crippen molar-refractivity contribution in [3.63, 3.8) is 0 Å². The van der Waals surface area contributed by atoms with E-state index in [0.29, 0.717) is 6.54 Å². The quantitative estimate of drug-likeness (QED) is 0.754. The van der Waals surface area contributed by atoms with Crippen LogP contribution in [0.5, 0.6) is 0 Å². The minimum Gasteiger partial charge on any atom is -0.461 e. The van der Waals surface area contributed by atoms with Crippen LogP contribution in [0.1, 0.15) is 24.3 Å². The molecule has 0 aliphatic heterocycles. The summed E-state index contributed by atoms with van der Waals surface area (Å²) in [4.78, 5) is 28.6. The zero-order chi connectivity index (χ0) is 13.7. The lowest BCUT2D eigenvalue weighted by molar-refractivity contribution is -0.130. The van der Waals surface area contributed by atoms with E-state index in [1.54, 1.807) is 18.9 Å². The first kappa shape index (κ1) is 14.0. The molecule has 0 aliphatic rings. The van der Waals surface area contributed by atoms with Crippen molar-refractivity contribution in [2.45, 2.75) is 20.4 Å². The number of hydrogen-bond donors (Lipinski definition) is 1. The summed E-state index contributed by atoms with van der Waals surface area (Å²) in [5, 5.41) is 0. The number of esters is 1. The van der Waals surface area contributed by atoms with Gasteiger partial charge in [-0.1, -0.05) is 0 Å². The van der Waals surface area contributed by atoms with Crippen LogP contribution >= 0.6 is 0 Å². The minimum atomic E-state index is -0.579. The Labute approximate surface area is 106 Å². The van der Waals surface area contributed by atoms with Gasteiger partial charge in [-0.15, -0.1) is 0 Å². The Morgan fingerprint density at radius 3 is 2.72 bits per heavy atom. The second-order valence-electron chi connectivity index (χ2n) is 3.73. The Balaban J connectivity index is 2.81. The van der Waals surface area contributed by atoms with Crippen molar-refractivity contribution in [1.29, 1.82) is 0 Å². The van der Waals surface area contributed by atoms with Gasteiger partial charge in [-0.05, 0) is 13.8 Å². The monoisotopic (exact) mass is 254 g/mol.